The predicted octanol–water partition coefficient (Wildman–Crippen LogP) is 3.22. The average molecular weight is 318 g/mol. The molecule has 2 aliphatic rings. The molecule has 1 N–H and O–H groups in total. The lowest BCUT2D eigenvalue weighted by molar-refractivity contribution is -0.120. The monoisotopic (exact) mass is 318 g/mol. The van der Waals surface area contributed by atoms with Crippen LogP contribution in [-0.2, 0) is 4.79 Å². The number of nitrogens with one attached hydrogen (secondary N) is 1. The van der Waals surface area contributed by atoms with Crippen molar-refractivity contribution in [3.05, 3.63) is 29.8 Å². The van der Waals surface area contributed by atoms with Crippen molar-refractivity contribution in [2.24, 2.45) is 0 Å². The van der Waals surface area contributed by atoms with Gasteiger partial charge in [0, 0.05) is 29.2 Å². The van der Waals surface area contributed by atoms with Crippen LogP contribution < -0.4 is 5.32 Å². The number of amides is 1. The van der Waals surface area contributed by atoms with E-state index in [2.05, 4.69) is 41.4 Å². The van der Waals surface area contributed by atoms with Crippen LogP contribution in [0.2, 0.25) is 0 Å². The molecule has 3 rings (SSSR count). The van der Waals surface area contributed by atoms with E-state index >= 15 is 0 Å². The Morgan fingerprint density at radius 3 is 2.77 bits per heavy atom. The van der Waals surface area contributed by atoms with Crippen LogP contribution in [-0.4, -0.2) is 41.7 Å². The van der Waals surface area contributed by atoms with E-state index in [9.17, 15) is 4.79 Å². The lowest BCUT2D eigenvalue weighted by Crippen LogP contribution is -2.42. The van der Waals surface area contributed by atoms with Gasteiger partial charge in [-0.3, -0.25) is 4.79 Å². The molecule has 0 radical (unpaired) electrons. The topological polar surface area (TPSA) is 32.3 Å². The van der Waals surface area contributed by atoms with Crippen LogP contribution in [0, 0.1) is 6.92 Å². The average Bonchev–Trinajstić information content (AvgIpc) is 2.73. The summed E-state index contributed by atoms with van der Waals surface area (Å²) in [5.74, 6) is 0.229. The highest BCUT2D eigenvalue weighted by Gasteiger charge is 2.27. The summed E-state index contributed by atoms with van der Waals surface area (Å²) in [6.45, 7) is 5.38. The van der Waals surface area contributed by atoms with E-state index < -0.39 is 0 Å². The maximum absolute atomic E-state index is 11.5. The normalized spacial score (nSPS) is 24.8. The largest absolute Gasteiger partial charge is 0.356 e. The van der Waals surface area contributed by atoms with Crippen molar-refractivity contribution in [1.29, 1.82) is 0 Å². The van der Waals surface area contributed by atoms with Crippen LogP contribution in [0.5, 0.6) is 0 Å². The number of nitrogens with zero attached hydrogens (tertiary/aromatic N) is 1. The summed E-state index contributed by atoms with van der Waals surface area (Å²) in [6.07, 6.45) is 5.36. The lowest BCUT2D eigenvalue weighted by Gasteiger charge is -2.37. The molecule has 22 heavy (non-hydrogen) atoms. The molecule has 0 unspecified atom stereocenters. The number of likely N-dealkylation sites (tertiary alicyclic amines) is 1. The molecule has 1 aromatic rings. The van der Waals surface area contributed by atoms with Crippen molar-refractivity contribution >= 4 is 17.7 Å². The van der Waals surface area contributed by atoms with Gasteiger partial charge in [-0.2, -0.15) is 0 Å². The van der Waals surface area contributed by atoms with Gasteiger partial charge in [0.15, 0.2) is 0 Å². The first kappa shape index (κ1) is 15.9. The van der Waals surface area contributed by atoms with E-state index in [0.29, 0.717) is 12.5 Å². The maximum atomic E-state index is 11.5. The highest BCUT2D eigenvalue weighted by atomic mass is 32.2. The Labute approximate surface area is 137 Å². The van der Waals surface area contributed by atoms with E-state index in [-0.39, 0.29) is 5.91 Å². The highest BCUT2D eigenvalue weighted by Crippen LogP contribution is 2.32. The Hall–Kier alpha value is -1.00. The number of carbonyl (C=O) groups excluding carboxylic acids is 1. The van der Waals surface area contributed by atoms with Gasteiger partial charge in [-0.1, -0.05) is 17.7 Å². The summed E-state index contributed by atoms with van der Waals surface area (Å²) in [5, 5.41) is 3.73. The molecule has 0 aliphatic carbocycles. The van der Waals surface area contributed by atoms with Crippen molar-refractivity contribution in [3.8, 4) is 0 Å². The summed E-state index contributed by atoms with van der Waals surface area (Å²) in [6, 6.07) is 9.44. The maximum Gasteiger partial charge on any atom is 0.220 e. The molecule has 0 spiro atoms. The third kappa shape index (κ3) is 4.26. The zero-order chi connectivity index (χ0) is 15.4. The Morgan fingerprint density at radius 2 is 2.00 bits per heavy atom. The van der Waals surface area contributed by atoms with Gasteiger partial charge in [-0.05, 0) is 57.8 Å². The molecule has 1 atom stereocenters. The first-order valence-electron chi connectivity index (χ1n) is 8.45. The smallest absolute Gasteiger partial charge is 0.220 e. The Morgan fingerprint density at radius 1 is 1.18 bits per heavy atom. The van der Waals surface area contributed by atoms with Crippen molar-refractivity contribution in [2.45, 2.75) is 55.2 Å². The first-order chi connectivity index (χ1) is 10.7. The van der Waals surface area contributed by atoms with Crippen LogP contribution in [0.15, 0.2) is 29.2 Å². The highest BCUT2D eigenvalue weighted by molar-refractivity contribution is 8.00. The third-order valence-corrected chi connectivity index (χ3v) is 6.12. The van der Waals surface area contributed by atoms with Crippen LogP contribution >= 0.6 is 11.8 Å². The van der Waals surface area contributed by atoms with Crippen molar-refractivity contribution in [3.63, 3.8) is 0 Å². The van der Waals surface area contributed by atoms with Gasteiger partial charge in [0.1, 0.15) is 0 Å². The molecule has 4 heteroatoms. The van der Waals surface area contributed by atoms with Gasteiger partial charge in [0.2, 0.25) is 5.91 Å². The van der Waals surface area contributed by atoms with E-state index in [1.165, 1.54) is 36.4 Å². The zero-order valence-electron chi connectivity index (χ0n) is 13.4. The van der Waals surface area contributed by atoms with E-state index in [4.69, 9.17) is 0 Å². The van der Waals surface area contributed by atoms with Gasteiger partial charge in [-0.15, -0.1) is 11.8 Å². The molecule has 2 fully saturated rings. The lowest BCUT2D eigenvalue weighted by atomic mass is 10.0. The van der Waals surface area contributed by atoms with Crippen LogP contribution in [0.25, 0.3) is 0 Å². The molecule has 0 bridgehead atoms. The van der Waals surface area contributed by atoms with E-state index in [1.54, 1.807) is 0 Å². The molecular weight excluding hydrogens is 292 g/mol. The van der Waals surface area contributed by atoms with Crippen molar-refractivity contribution < 1.29 is 4.79 Å². The number of benzene rings is 1. The standard InChI is InChI=1S/C18H26N2OS/c1-14-3-2-4-17(13-14)22-16-8-11-20(12-9-16)15-5-6-18(21)19-10-7-15/h2-4,13,15-16H,5-12H2,1H3,(H,19,21)/t15-/m1/s1. The summed E-state index contributed by atoms with van der Waals surface area (Å²) in [7, 11) is 0. The fourth-order valence-electron chi connectivity index (χ4n) is 3.51. The summed E-state index contributed by atoms with van der Waals surface area (Å²) in [4.78, 5) is 15.5. The minimum absolute atomic E-state index is 0.229. The Bertz CT molecular complexity index is 512. The number of aryl methyl sites for hydroxylation is 1. The first-order valence-corrected chi connectivity index (χ1v) is 9.33. The van der Waals surface area contributed by atoms with Gasteiger partial charge >= 0.3 is 0 Å². The molecule has 1 aromatic carbocycles. The number of hydrogen-bond donors (Lipinski definition) is 1. The SMILES string of the molecule is Cc1cccc(SC2CCN([C@H]3CCNC(=O)CC3)CC2)c1. The minimum atomic E-state index is 0.229. The number of carbonyl (C=O) groups is 1. The number of rotatable bonds is 3. The van der Waals surface area contributed by atoms with E-state index in [1.807, 2.05) is 11.8 Å². The van der Waals surface area contributed by atoms with Gasteiger partial charge in [0.25, 0.3) is 0 Å². The second-order valence-corrected chi connectivity index (χ2v) is 7.87. The second kappa shape index (κ2) is 7.51. The predicted molar refractivity (Wildman–Crippen MR) is 92.3 cm³/mol. The molecule has 3 nitrogen and oxygen atoms in total. The van der Waals surface area contributed by atoms with Crippen LogP contribution in [0.4, 0.5) is 0 Å². The molecule has 0 saturated carbocycles. The summed E-state index contributed by atoms with van der Waals surface area (Å²) < 4.78 is 0. The molecule has 120 valence electrons. The van der Waals surface area contributed by atoms with Gasteiger partial charge < -0.3 is 10.2 Å². The summed E-state index contributed by atoms with van der Waals surface area (Å²) in [5.41, 5.74) is 1.35. The molecule has 2 saturated heterocycles. The summed E-state index contributed by atoms with van der Waals surface area (Å²) >= 11 is 2.04. The van der Waals surface area contributed by atoms with Crippen LogP contribution in [0.1, 0.15) is 37.7 Å². The second-order valence-electron chi connectivity index (χ2n) is 6.50. The minimum Gasteiger partial charge on any atom is -0.356 e. The van der Waals surface area contributed by atoms with Crippen molar-refractivity contribution in [2.75, 3.05) is 19.6 Å². The number of thioether (sulfide) groups is 1. The number of hydrogen-bond acceptors (Lipinski definition) is 3. The Balaban J connectivity index is 1.48. The molecule has 1 amide bonds. The van der Waals surface area contributed by atoms with Gasteiger partial charge in [-0.25, -0.2) is 0 Å². The van der Waals surface area contributed by atoms with E-state index in [0.717, 1.165) is 24.6 Å². The third-order valence-electron chi connectivity index (χ3n) is 4.79. The molecule has 2 aliphatic heterocycles. The quantitative estimate of drug-likeness (QED) is 0.929. The fraction of sp³-hybridized carbons (Fsp3) is 0.611. The molecule has 2 heterocycles. The van der Waals surface area contributed by atoms with Gasteiger partial charge in [0.05, 0.1) is 0 Å². The fourth-order valence-corrected chi connectivity index (χ4v) is 4.76. The molecule has 0 aromatic heterocycles. The van der Waals surface area contributed by atoms with Crippen molar-refractivity contribution in [1.82, 2.24) is 10.2 Å². The zero-order valence-corrected chi connectivity index (χ0v) is 14.2. The molecular formula is C18H26N2OS. The van der Waals surface area contributed by atoms with Crippen LogP contribution in [0.3, 0.4) is 0 Å². The Kier molecular flexibility index (Phi) is 5.42. The number of piperidine rings is 1.